The molecule has 1 N–H and O–H groups in total. The Kier molecular flexibility index (Phi) is 15.3. The summed E-state index contributed by atoms with van der Waals surface area (Å²) in [6.45, 7) is 6.30. The minimum atomic E-state index is -0.711. The van der Waals surface area contributed by atoms with E-state index in [2.05, 4.69) is 13.8 Å². The van der Waals surface area contributed by atoms with Gasteiger partial charge in [-0.2, -0.15) is 0 Å². The molecule has 0 rings (SSSR count). The molecule has 0 aliphatic carbocycles. The van der Waals surface area contributed by atoms with E-state index < -0.39 is 5.97 Å². The first kappa shape index (κ1) is 14.0. The van der Waals surface area contributed by atoms with Crippen molar-refractivity contribution in [3.63, 3.8) is 0 Å². The molecule has 0 aromatic carbocycles. The number of hydrogen-bond acceptors (Lipinski definition) is 1. The number of carboxylic acids is 1. The van der Waals surface area contributed by atoms with Crippen LogP contribution in [0.15, 0.2) is 0 Å². The van der Waals surface area contributed by atoms with E-state index in [1.54, 1.807) is 0 Å². The van der Waals surface area contributed by atoms with Gasteiger partial charge in [-0.25, -0.2) is 0 Å². The van der Waals surface area contributed by atoms with Crippen molar-refractivity contribution >= 4 is 5.97 Å². The first-order valence-corrected chi connectivity index (χ1v) is 4.90. The van der Waals surface area contributed by atoms with Gasteiger partial charge in [0.25, 0.3) is 0 Å². The van der Waals surface area contributed by atoms with Crippen LogP contribution < -0.4 is 0 Å². The van der Waals surface area contributed by atoms with Crippen molar-refractivity contribution in [3.05, 3.63) is 0 Å². The molecule has 74 valence electrons. The van der Waals surface area contributed by atoms with Crippen LogP contribution >= 0.6 is 0 Å². The molecule has 0 saturated heterocycles. The van der Waals surface area contributed by atoms with E-state index in [0.29, 0.717) is 6.42 Å². The Hall–Kier alpha value is -0.530. The predicted octanol–water partition coefficient (Wildman–Crippen LogP) is 3.46. The molecule has 0 radical (unpaired) electrons. The number of aliphatic carboxylic acids is 1. The summed E-state index contributed by atoms with van der Waals surface area (Å²) in [6.07, 6.45) is 6.56. The second-order valence-corrected chi connectivity index (χ2v) is 2.85. The van der Waals surface area contributed by atoms with Crippen LogP contribution in [0.1, 0.15) is 59.3 Å². The Morgan fingerprint density at radius 3 is 1.50 bits per heavy atom. The minimum absolute atomic E-state index is 0.292. The van der Waals surface area contributed by atoms with Gasteiger partial charge in [-0.3, -0.25) is 4.79 Å². The zero-order valence-corrected chi connectivity index (χ0v) is 8.60. The number of rotatable bonds is 5. The van der Waals surface area contributed by atoms with Crippen LogP contribution in [0.4, 0.5) is 0 Å². The molecule has 0 aliphatic rings. The average Bonchev–Trinajstić information content (AvgIpc) is 2.02. The van der Waals surface area contributed by atoms with E-state index in [1.807, 2.05) is 6.92 Å². The van der Waals surface area contributed by atoms with Crippen molar-refractivity contribution in [2.45, 2.75) is 59.3 Å². The SMILES string of the molecule is CCCC(=O)O.CCCCCC. The highest BCUT2D eigenvalue weighted by atomic mass is 16.4. The molecule has 0 spiro atoms. The monoisotopic (exact) mass is 174 g/mol. The summed E-state index contributed by atoms with van der Waals surface area (Å²) in [6, 6.07) is 0. The normalized spacial score (nSPS) is 8.58. The third-order valence-electron chi connectivity index (χ3n) is 1.42. The predicted molar refractivity (Wildman–Crippen MR) is 52.4 cm³/mol. The fourth-order valence-electron chi connectivity index (χ4n) is 0.714. The molecule has 0 aliphatic heterocycles. The van der Waals surface area contributed by atoms with Crippen molar-refractivity contribution in [1.29, 1.82) is 0 Å². The highest BCUT2D eigenvalue weighted by molar-refractivity contribution is 5.66. The van der Waals surface area contributed by atoms with Gasteiger partial charge in [0.15, 0.2) is 0 Å². The summed E-state index contributed by atoms with van der Waals surface area (Å²) in [5.74, 6) is -0.711. The zero-order valence-electron chi connectivity index (χ0n) is 8.60. The van der Waals surface area contributed by atoms with E-state index in [1.165, 1.54) is 25.7 Å². The highest BCUT2D eigenvalue weighted by Crippen LogP contribution is 1.95. The van der Waals surface area contributed by atoms with Crippen molar-refractivity contribution in [2.24, 2.45) is 0 Å². The van der Waals surface area contributed by atoms with Gasteiger partial charge in [0, 0.05) is 6.42 Å². The number of unbranched alkanes of at least 4 members (excludes halogenated alkanes) is 3. The molecule has 12 heavy (non-hydrogen) atoms. The summed E-state index contributed by atoms with van der Waals surface area (Å²) < 4.78 is 0. The standard InChI is InChI=1S/C6H14.C4H8O2/c1-3-5-6-4-2;1-2-3-4(5)6/h3-6H2,1-2H3;2-3H2,1H3,(H,5,6). The van der Waals surface area contributed by atoms with Gasteiger partial charge in [-0.1, -0.05) is 46.5 Å². The number of carbonyl (C=O) groups is 1. The van der Waals surface area contributed by atoms with Gasteiger partial charge >= 0.3 is 5.97 Å². The maximum Gasteiger partial charge on any atom is 0.303 e. The molecule has 0 saturated carbocycles. The van der Waals surface area contributed by atoms with Gasteiger partial charge < -0.3 is 5.11 Å². The average molecular weight is 174 g/mol. The van der Waals surface area contributed by atoms with Gasteiger partial charge in [0.05, 0.1) is 0 Å². The summed E-state index contributed by atoms with van der Waals surface area (Å²) in [4.78, 5) is 9.60. The van der Waals surface area contributed by atoms with E-state index >= 15 is 0 Å². The van der Waals surface area contributed by atoms with Crippen molar-refractivity contribution in [3.8, 4) is 0 Å². The van der Waals surface area contributed by atoms with E-state index in [0.717, 1.165) is 6.42 Å². The molecule has 0 heterocycles. The Labute approximate surface area is 76.0 Å². The maximum absolute atomic E-state index is 9.60. The van der Waals surface area contributed by atoms with Crippen LogP contribution in [-0.4, -0.2) is 11.1 Å². The van der Waals surface area contributed by atoms with Crippen LogP contribution in [0.25, 0.3) is 0 Å². The fraction of sp³-hybridized carbons (Fsp3) is 0.900. The molecule has 0 bridgehead atoms. The lowest BCUT2D eigenvalue weighted by molar-refractivity contribution is -0.137. The third-order valence-corrected chi connectivity index (χ3v) is 1.42. The third kappa shape index (κ3) is 22.7. The molecule has 0 aromatic rings. The van der Waals surface area contributed by atoms with E-state index in [9.17, 15) is 4.79 Å². The first-order chi connectivity index (χ1) is 5.68. The highest BCUT2D eigenvalue weighted by Gasteiger charge is 1.87. The Bertz CT molecular complexity index is 85.8. The lowest BCUT2D eigenvalue weighted by Gasteiger charge is -1.86. The molecule has 0 aromatic heterocycles. The maximum atomic E-state index is 9.60. The quantitative estimate of drug-likeness (QED) is 0.648. The zero-order chi connectivity index (χ0) is 9.82. The van der Waals surface area contributed by atoms with Gasteiger partial charge in [-0.05, 0) is 6.42 Å². The summed E-state index contributed by atoms with van der Waals surface area (Å²) >= 11 is 0. The largest absolute Gasteiger partial charge is 0.481 e. The molecule has 2 nitrogen and oxygen atoms in total. The lowest BCUT2D eigenvalue weighted by atomic mass is 10.2. The summed E-state index contributed by atoms with van der Waals surface area (Å²) in [7, 11) is 0. The first-order valence-electron chi connectivity index (χ1n) is 4.90. The van der Waals surface area contributed by atoms with Crippen LogP contribution in [-0.2, 0) is 4.79 Å². The molecule has 0 amide bonds. The number of carboxylic acid groups (broad SMARTS) is 1. The number of hydrogen-bond donors (Lipinski definition) is 1. The molecular weight excluding hydrogens is 152 g/mol. The van der Waals surface area contributed by atoms with Crippen molar-refractivity contribution in [2.75, 3.05) is 0 Å². The van der Waals surface area contributed by atoms with E-state index in [-0.39, 0.29) is 0 Å². The van der Waals surface area contributed by atoms with Crippen molar-refractivity contribution < 1.29 is 9.90 Å². The van der Waals surface area contributed by atoms with Crippen LogP contribution in [0, 0.1) is 0 Å². The fourth-order valence-corrected chi connectivity index (χ4v) is 0.714. The van der Waals surface area contributed by atoms with Crippen LogP contribution in [0.3, 0.4) is 0 Å². The minimum Gasteiger partial charge on any atom is -0.481 e. The smallest absolute Gasteiger partial charge is 0.303 e. The second-order valence-electron chi connectivity index (χ2n) is 2.85. The molecular formula is C10H22O2. The van der Waals surface area contributed by atoms with Gasteiger partial charge in [0.2, 0.25) is 0 Å². The molecule has 0 unspecified atom stereocenters. The molecule has 2 heteroatoms. The van der Waals surface area contributed by atoms with Crippen molar-refractivity contribution in [1.82, 2.24) is 0 Å². The molecule has 0 atom stereocenters. The lowest BCUT2D eigenvalue weighted by Crippen LogP contribution is -1.90. The summed E-state index contributed by atoms with van der Waals surface area (Å²) in [5, 5.41) is 7.91. The Balaban J connectivity index is 0. The van der Waals surface area contributed by atoms with Crippen LogP contribution in [0.2, 0.25) is 0 Å². The van der Waals surface area contributed by atoms with Crippen LogP contribution in [0.5, 0.6) is 0 Å². The Morgan fingerprint density at radius 2 is 1.42 bits per heavy atom. The molecule has 0 fully saturated rings. The van der Waals surface area contributed by atoms with E-state index in [4.69, 9.17) is 5.11 Å². The topological polar surface area (TPSA) is 37.3 Å². The Morgan fingerprint density at radius 1 is 1.00 bits per heavy atom. The van der Waals surface area contributed by atoms with Gasteiger partial charge in [0.1, 0.15) is 0 Å². The summed E-state index contributed by atoms with van der Waals surface area (Å²) in [5.41, 5.74) is 0. The van der Waals surface area contributed by atoms with Gasteiger partial charge in [-0.15, -0.1) is 0 Å². The second kappa shape index (κ2) is 13.1.